The number of nitrogen functional groups attached to an aromatic ring is 1. The van der Waals surface area contributed by atoms with E-state index in [4.69, 9.17) is 5.73 Å². The molecule has 116 valence electrons. The molecule has 0 saturated carbocycles. The second kappa shape index (κ2) is 5.88. The molecule has 0 aromatic heterocycles. The number of alkyl halides is 3. The smallest absolute Gasteiger partial charge is 0.393 e. The molecular weight excluding hydrogens is 287 g/mol. The first-order chi connectivity index (χ1) is 9.79. The Hall–Kier alpha value is -1.83. The van der Waals surface area contributed by atoms with E-state index in [1.165, 1.54) is 12.1 Å². The number of rotatable bonds is 3. The lowest BCUT2D eigenvalue weighted by atomic mass is 9.97. The zero-order chi connectivity index (χ0) is 15.6. The number of likely N-dealkylation sites (tertiary alicyclic amines) is 1. The first-order valence-corrected chi connectivity index (χ1v) is 6.60. The fourth-order valence-corrected chi connectivity index (χ4v) is 2.60. The molecule has 1 atom stereocenters. The highest BCUT2D eigenvalue weighted by molar-refractivity contribution is 5.62. The Bertz CT molecular complexity index is 534. The van der Waals surface area contributed by atoms with Crippen LogP contribution in [0.5, 0.6) is 0 Å². The van der Waals surface area contributed by atoms with Crippen molar-refractivity contribution < 1.29 is 18.1 Å². The maximum absolute atomic E-state index is 12.8. The summed E-state index contributed by atoms with van der Waals surface area (Å²) in [5.41, 5.74) is 6.04. The van der Waals surface area contributed by atoms with Crippen LogP contribution in [0, 0.1) is 16.0 Å². The van der Waals surface area contributed by atoms with Crippen molar-refractivity contribution in [1.29, 1.82) is 0 Å². The average molecular weight is 303 g/mol. The molecule has 2 N–H and O–H groups in total. The third kappa shape index (κ3) is 3.63. The van der Waals surface area contributed by atoms with Crippen molar-refractivity contribution in [1.82, 2.24) is 4.90 Å². The van der Waals surface area contributed by atoms with Crippen LogP contribution in [-0.4, -0.2) is 29.1 Å². The van der Waals surface area contributed by atoms with Crippen molar-refractivity contribution in [3.63, 3.8) is 0 Å². The number of halogens is 3. The average Bonchev–Trinajstić information content (AvgIpc) is 2.40. The van der Waals surface area contributed by atoms with Crippen molar-refractivity contribution in [2.45, 2.75) is 25.6 Å². The summed E-state index contributed by atoms with van der Waals surface area (Å²) in [5, 5.41) is 10.8. The van der Waals surface area contributed by atoms with Gasteiger partial charge in [0.1, 0.15) is 5.69 Å². The number of nitrogens with zero attached hydrogens (tertiary/aromatic N) is 2. The lowest BCUT2D eigenvalue weighted by molar-refractivity contribution is -0.384. The lowest BCUT2D eigenvalue weighted by Crippen LogP contribution is -2.41. The van der Waals surface area contributed by atoms with E-state index in [1.54, 1.807) is 11.0 Å². The van der Waals surface area contributed by atoms with Crippen LogP contribution in [0.15, 0.2) is 18.2 Å². The van der Waals surface area contributed by atoms with Gasteiger partial charge in [-0.15, -0.1) is 0 Å². The van der Waals surface area contributed by atoms with Gasteiger partial charge in [0, 0.05) is 19.2 Å². The van der Waals surface area contributed by atoms with E-state index in [1.807, 2.05) is 0 Å². The third-order valence-corrected chi connectivity index (χ3v) is 3.73. The number of nitro groups is 1. The lowest BCUT2D eigenvalue weighted by Gasteiger charge is -2.33. The standard InChI is InChI=1S/C13H16F3N3O2/c14-13(15,16)10-4-2-6-18(8-10)7-9-3-1-5-11(12(9)17)19(20)21/h1,3,5,10H,2,4,6-8,17H2. The van der Waals surface area contributed by atoms with Crippen molar-refractivity contribution >= 4 is 11.4 Å². The number of para-hydroxylation sites is 1. The summed E-state index contributed by atoms with van der Waals surface area (Å²) in [6.45, 7) is 0.639. The fraction of sp³-hybridized carbons (Fsp3) is 0.538. The zero-order valence-electron chi connectivity index (χ0n) is 11.3. The Morgan fingerprint density at radius 2 is 2.14 bits per heavy atom. The quantitative estimate of drug-likeness (QED) is 0.529. The van der Waals surface area contributed by atoms with Gasteiger partial charge in [0.15, 0.2) is 0 Å². The van der Waals surface area contributed by atoms with Gasteiger partial charge in [-0.25, -0.2) is 0 Å². The molecule has 21 heavy (non-hydrogen) atoms. The number of nitro benzene ring substituents is 1. The molecule has 0 radical (unpaired) electrons. The minimum atomic E-state index is -4.20. The van der Waals surface area contributed by atoms with Gasteiger partial charge in [-0.1, -0.05) is 12.1 Å². The van der Waals surface area contributed by atoms with Gasteiger partial charge in [-0.05, 0) is 24.9 Å². The van der Waals surface area contributed by atoms with Crippen molar-refractivity contribution in [2.75, 3.05) is 18.8 Å². The molecule has 5 nitrogen and oxygen atoms in total. The van der Waals surface area contributed by atoms with Crippen molar-refractivity contribution in [3.05, 3.63) is 33.9 Å². The molecular formula is C13H16F3N3O2. The van der Waals surface area contributed by atoms with Gasteiger partial charge >= 0.3 is 6.18 Å². The predicted molar refractivity (Wildman–Crippen MR) is 71.6 cm³/mol. The molecule has 1 heterocycles. The Morgan fingerprint density at radius 1 is 1.43 bits per heavy atom. The molecule has 1 fully saturated rings. The summed E-state index contributed by atoms with van der Waals surface area (Å²) in [4.78, 5) is 11.9. The largest absolute Gasteiger partial charge is 0.393 e. The van der Waals surface area contributed by atoms with Gasteiger partial charge in [0.05, 0.1) is 10.8 Å². The number of benzene rings is 1. The van der Waals surface area contributed by atoms with Crippen LogP contribution < -0.4 is 5.73 Å². The van der Waals surface area contributed by atoms with E-state index in [2.05, 4.69) is 0 Å². The molecule has 0 amide bonds. The Morgan fingerprint density at radius 3 is 2.76 bits per heavy atom. The van der Waals surface area contributed by atoms with E-state index < -0.39 is 17.0 Å². The normalized spacial score (nSPS) is 20.4. The second-order valence-electron chi connectivity index (χ2n) is 5.22. The molecule has 8 heteroatoms. The van der Waals surface area contributed by atoms with Gasteiger partial charge < -0.3 is 5.73 Å². The number of nitrogens with two attached hydrogens (primary N) is 1. The number of hydrogen-bond donors (Lipinski definition) is 1. The fourth-order valence-electron chi connectivity index (χ4n) is 2.60. The molecule has 0 bridgehead atoms. The summed E-state index contributed by atoms with van der Waals surface area (Å²) in [5.74, 6) is -1.34. The highest BCUT2D eigenvalue weighted by Gasteiger charge is 2.41. The molecule has 1 unspecified atom stereocenters. The van der Waals surface area contributed by atoms with E-state index in [0.717, 1.165) is 0 Å². The van der Waals surface area contributed by atoms with Crippen LogP contribution >= 0.6 is 0 Å². The number of anilines is 1. The van der Waals surface area contributed by atoms with Crippen LogP contribution in [0.1, 0.15) is 18.4 Å². The number of piperidine rings is 1. The van der Waals surface area contributed by atoms with Gasteiger partial charge in [0.2, 0.25) is 0 Å². The zero-order valence-corrected chi connectivity index (χ0v) is 11.3. The maximum Gasteiger partial charge on any atom is 0.393 e. The third-order valence-electron chi connectivity index (χ3n) is 3.73. The minimum absolute atomic E-state index is 0.0247. The van der Waals surface area contributed by atoms with Crippen molar-refractivity contribution in [3.8, 4) is 0 Å². The minimum Gasteiger partial charge on any atom is -0.393 e. The molecule has 1 aromatic carbocycles. The summed E-state index contributed by atoms with van der Waals surface area (Å²) in [6, 6.07) is 4.39. The Labute approximate surface area is 119 Å². The first kappa shape index (κ1) is 15.6. The van der Waals surface area contributed by atoms with E-state index in [9.17, 15) is 23.3 Å². The Balaban J connectivity index is 2.12. The molecule has 1 saturated heterocycles. The van der Waals surface area contributed by atoms with E-state index in [-0.39, 0.29) is 30.9 Å². The van der Waals surface area contributed by atoms with Crippen LogP contribution in [0.2, 0.25) is 0 Å². The summed E-state index contributed by atoms with van der Waals surface area (Å²) < 4.78 is 38.3. The van der Waals surface area contributed by atoms with Gasteiger partial charge in [-0.2, -0.15) is 13.2 Å². The molecule has 1 aromatic rings. The van der Waals surface area contributed by atoms with Crippen molar-refractivity contribution in [2.24, 2.45) is 5.92 Å². The molecule has 2 rings (SSSR count). The second-order valence-corrected chi connectivity index (χ2v) is 5.22. The van der Waals surface area contributed by atoms with Gasteiger partial charge in [-0.3, -0.25) is 15.0 Å². The topological polar surface area (TPSA) is 72.4 Å². The number of hydrogen-bond acceptors (Lipinski definition) is 4. The highest BCUT2D eigenvalue weighted by Crippen LogP contribution is 2.34. The molecule has 0 aliphatic carbocycles. The SMILES string of the molecule is Nc1c(CN2CCCC(C(F)(F)F)C2)cccc1[N+](=O)[O-]. The van der Waals surface area contributed by atoms with E-state index >= 15 is 0 Å². The first-order valence-electron chi connectivity index (χ1n) is 6.60. The van der Waals surface area contributed by atoms with Crippen LogP contribution in [-0.2, 0) is 6.54 Å². The van der Waals surface area contributed by atoms with Crippen LogP contribution in [0.4, 0.5) is 24.5 Å². The molecule has 1 aliphatic rings. The van der Waals surface area contributed by atoms with Gasteiger partial charge in [0.25, 0.3) is 5.69 Å². The van der Waals surface area contributed by atoms with Crippen LogP contribution in [0.25, 0.3) is 0 Å². The maximum atomic E-state index is 12.8. The Kier molecular flexibility index (Phi) is 4.36. The summed E-state index contributed by atoms with van der Waals surface area (Å²) in [6.07, 6.45) is -3.61. The molecule has 0 spiro atoms. The summed E-state index contributed by atoms with van der Waals surface area (Å²) >= 11 is 0. The highest BCUT2D eigenvalue weighted by atomic mass is 19.4. The van der Waals surface area contributed by atoms with E-state index in [0.29, 0.717) is 18.5 Å². The molecule has 1 aliphatic heterocycles. The van der Waals surface area contributed by atoms with Crippen LogP contribution in [0.3, 0.4) is 0 Å². The summed E-state index contributed by atoms with van der Waals surface area (Å²) in [7, 11) is 0. The monoisotopic (exact) mass is 303 g/mol. The predicted octanol–water partition coefficient (Wildman–Crippen LogP) is 2.95.